The molecule has 2 aromatic rings. The molecule has 0 radical (unpaired) electrons. The summed E-state index contributed by atoms with van der Waals surface area (Å²) < 4.78 is 11.4. The molecule has 2 heterocycles. The molecule has 0 amide bonds. The third-order valence-corrected chi connectivity index (χ3v) is 10.1. The molecule has 30 heavy (non-hydrogen) atoms. The summed E-state index contributed by atoms with van der Waals surface area (Å²) in [6, 6.07) is 21.0. The molecule has 0 aromatic heterocycles. The summed E-state index contributed by atoms with van der Waals surface area (Å²) in [6.07, 6.45) is 2.01. The van der Waals surface area contributed by atoms with Gasteiger partial charge in [0, 0.05) is 73.0 Å². The number of hydrogen-bond donors (Lipinski definition) is 0. The molecular weight excluding hydrogens is 638 g/mol. The van der Waals surface area contributed by atoms with Gasteiger partial charge in [-0.15, -0.1) is 0 Å². The van der Waals surface area contributed by atoms with E-state index in [-0.39, 0.29) is 0 Å². The van der Waals surface area contributed by atoms with Crippen molar-refractivity contribution in [2.75, 3.05) is 13.2 Å². The summed E-state index contributed by atoms with van der Waals surface area (Å²) in [6.45, 7) is 5.95. The number of piperidine rings is 1. The average molecular weight is 664 g/mol. The van der Waals surface area contributed by atoms with Crippen molar-refractivity contribution in [2.45, 2.75) is 44.8 Å². The Hall–Kier alpha value is 0.0600. The minimum atomic E-state index is 0.331. The number of fused-ring (bicyclic) bond motifs is 1. The van der Waals surface area contributed by atoms with E-state index >= 15 is 0 Å². The highest BCUT2D eigenvalue weighted by Crippen LogP contribution is 2.51. The number of aryl methyl sites for hydroxylation is 1. The lowest BCUT2D eigenvalue weighted by Crippen LogP contribution is -2.47. The molecule has 7 heteroatoms. The lowest BCUT2D eigenvalue weighted by Gasteiger charge is -2.48. The fourth-order valence-corrected chi connectivity index (χ4v) is 8.60. The maximum Gasteiger partial charge on any atom is 0.1000 e. The van der Waals surface area contributed by atoms with Gasteiger partial charge < -0.3 is 4.74 Å². The zero-order valence-electron chi connectivity index (χ0n) is 17.1. The summed E-state index contributed by atoms with van der Waals surface area (Å²) >= 11 is 4.90. The zero-order chi connectivity index (χ0) is 21.1. The number of rotatable bonds is 6. The number of nitrogens with zero attached hydrogens (tertiary/aromatic N) is 2. The number of benzene rings is 2. The van der Waals surface area contributed by atoms with Crippen LogP contribution in [0.15, 0.2) is 65.9 Å². The molecule has 3 atom stereocenters. The fraction of sp³-hybridized carbons (Fsp3) is 0.391. The van der Waals surface area contributed by atoms with Gasteiger partial charge in [0.25, 0.3) is 0 Å². The van der Waals surface area contributed by atoms with Crippen LogP contribution < -0.4 is 0 Å². The second kappa shape index (κ2) is 10.8. The van der Waals surface area contributed by atoms with E-state index in [0.29, 0.717) is 18.1 Å². The third kappa shape index (κ3) is 4.85. The normalized spacial score (nSPS) is 25.3. The molecule has 4 rings (SSSR count). The topological polar surface area (TPSA) is 15.7 Å². The summed E-state index contributed by atoms with van der Waals surface area (Å²) in [5.74, 6) is 1.21. The molecule has 0 unspecified atom stereocenters. The predicted molar refractivity (Wildman–Crippen MR) is 147 cm³/mol. The van der Waals surface area contributed by atoms with Crippen LogP contribution in [0.3, 0.4) is 0 Å². The van der Waals surface area contributed by atoms with Crippen molar-refractivity contribution in [3.8, 4) is 0 Å². The van der Waals surface area contributed by atoms with Crippen LogP contribution in [0.1, 0.15) is 48.5 Å². The van der Waals surface area contributed by atoms with Gasteiger partial charge in [0.15, 0.2) is 0 Å². The van der Waals surface area contributed by atoms with Crippen molar-refractivity contribution in [3.63, 3.8) is 0 Å². The molecule has 160 valence electrons. The van der Waals surface area contributed by atoms with Gasteiger partial charge in [0.05, 0.1) is 18.4 Å². The third-order valence-electron chi connectivity index (χ3n) is 5.97. The van der Waals surface area contributed by atoms with E-state index < -0.39 is 0 Å². The second-order valence-corrected chi connectivity index (χ2v) is 11.3. The highest BCUT2D eigenvalue weighted by Gasteiger charge is 2.44. The summed E-state index contributed by atoms with van der Waals surface area (Å²) in [5.41, 5.74) is 5.56. The van der Waals surface area contributed by atoms with Crippen molar-refractivity contribution >= 4 is 60.6 Å². The van der Waals surface area contributed by atoms with Crippen molar-refractivity contribution in [1.29, 1.82) is 0 Å². The molecule has 0 N–H and O–H groups in total. The lowest BCUT2D eigenvalue weighted by atomic mass is 9.84. The van der Waals surface area contributed by atoms with Crippen LogP contribution >= 0.6 is 60.6 Å². The largest absolute Gasteiger partial charge is 0.498 e. The summed E-state index contributed by atoms with van der Waals surface area (Å²) in [5, 5.41) is 0. The molecule has 3 nitrogen and oxygen atoms in total. The predicted octanol–water partition coefficient (Wildman–Crippen LogP) is 7.84. The first kappa shape index (κ1) is 23.2. The van der Waals surface area contributed by atoms with Crippen LogP contribution in [-0.2, 0) is 4.74 Å². The van der Waals surface area contributed by atoms with E-state index in [0.717, 1.165) is 26.0 Å². The molecule has 1 fully saturated rings. The van der Waals surface area contributed by atoms with Gasteiger partial charge in [-0.25, -0.2) is 8.61 Å². The minimum absolute atomic E-state index is 0.331. The minimum Gasteiger partial charge on any atom is -0.498 e. The van der Waals surface area contributed by atoms with Crippen molar-refractivity contribution < 1.29 is 4.74 Å². The zero-order valence-corrected chi connectivity index (χ0v) is 23.1. The van der Waals surface area contributed by atoms with E-state index in [9.17, 15) is 0 Å². The Morgan fingerprint density at radius 2 is 1.73 bits per heavy atom. The Balaban J connectivity index is 1.75. The molecule has 2 aliphatic heterocycles. The van der Waals surface area contributed by atoms with E-state index in [4.69, 9.17) is 4.74 Å². The molecule has 2 aromatic carbocycles. The van der Waals surface area contributed by atoms with Crippen LogP contribution in [0, 0.1) is 6.92 Å². The molecule has 0 bridgehead atoms. The van der Waals surface area contributed by atoms with E-state index in [1.165, 1.54) is 28.0 Å². The van der Waals surface area contributed by atoms with Crippen LogP contribution in [0.5, 0.6) is 0 Å². The maximum absolute atomic E-state index is 6.26. The van der Waals surface area contributed by atoms with Gasteiger partial charge in [-0.2, -0.15) is 0 Å². The van der Waals surface area contributed by atoms with E-state index in [1.54, 1.807) is 0 Å². The first-order valence-electron chi connectivity index (χ1n) is 10.2. The van der Waals surface area contributed by atoms with Gasteiger partial charge in [0.2, 0.25) is 0 Å². The lowest BCUT2D eigenvalue weighted by molar-refractivity contribution is 0.129. The molecule has 0 spiro atoms. The molecular formula is C23H26I2N2OS2. The van der Waals surface area contributed by atoms with E-state index in [2.05, 4.69) is 119 Å². The molecule has 1 saturated heterocycles. The van der Waals surface area contributed by atoms with Crippen molar-refractivity contribution in [3.05, 3.63) is 82.6 Å². The quantitative estimate of drug-likeness (QED) is 0.230. The molecule has 0 saturated carbocycles. The first-order chi connectivity index (χ1) is 14.7. The first-order valence-corrected chi connectivity index (χ1v) is 16.9. The smallest absolute Gasteiger partial charge is 0.1000 e. The fourth-order valence-electron chi connectivity index (χ4n) is 4.61. The molecule has 2 aliphatic rings. The standard InChI is InChI=1S/C23H26I2N2OS2/c1-3-28-23-14-21(18-11-7-8-16(2)12-18)27(30-25)22-13-20(17-9-5-4-6-10-17)26(29-24)15-19(22)23/h4-12,20-22H,3,13-15H2,1-2H3/t20-,21-,22-/m0/s1. The molecule has 0 aliphatic carbocycles. The maximum atomic E-state index is 6.26. The van der Waals surface area contributed by atoms with Gasteiger partial charge in [-0.05, 0) is 49.6 Å². The second-order valence-electron chi connectivity index (χ2n) is 7.77. The Kier molecular flexibility index (Phi) is 8.35. The van der Waals surface area contributed by atoms with Crippen molar-refractivity contribution in [2.24, 2.45) is 0 Å². The van der Waals surface area contributed by atoms with Gasteiger partial charge in [-0.1, -0.05) is 60.2 Å². The Morgan fingerprint density at radius 3 is 2.40 bits per heavy atom. The van der Waals surface area contributed by atoms with E-state index in [1.807, 2.05) is 18.2 Å². The Morgan fingerprint density at radius 1 is 0.967 bits per heavy atom. The van der Waals surface area contributed by atoms with Crippen LogP contribution in [0.2, 0.25) is 0 Å². The average Bonchev–Trinajstić information content (AvgIpc) is 2.78. The highest BCUT2D eigenvalue weighted by molar-refractivity contribution is 14.2. The van der Waals surface area contributed by atoms with Gasteiger partial charge in [-0.3, -0.25) is 0 Å². The highest BCUT2D eigenvalue weighted by atomic mass is 127. The van der Waals surface area contributed by atoms with Crippen molar-refractivity contribution in [1.82, 2.24) is 8.61 Å². The number of halogens is 2. The summed E-state index contributed by atoms with van der Waals surface area (Å²) in [7, 11) is 3.67. The Bertz CT molecular complexity index is 896. The SMILES string of the molecule is CCOC1=C2CN(SI)[C@H](c3ccccc3)C[C@@H]2N(SI)[C@H](c2cccc(C)c2)C1. The van der Waals surface area contributed by atoms with Gasteiger partial charge >= 0.3 is 0 Å². The van der Waals surface area contributed by atoms with Crippen LogP contribution in [-0.4, -0.2) is 27.8 Å². The monoisotopic (exact) mass is 664 g/mol. The summed E-state index contributed by atoms with van der Waals surface area (Å²) in [4.78, 5) is 0. The van der Waals surface area contributed by atoms with Gasteiger partial charge in [0.1, 0.15) is 0 Å². The van der Waals surface area contributed by atoms with Crippen LogP contribution in [0.4, 0.5) is 0 Å². The van der Waals surface area contributed by atoms with Crippen LogP contribution in [0.25, 0.3) is 0 Å². The Labute approximate surface area is 212 Å². The number of ether oxygens (including phenoxy) is 1. The number of hydrogen-bond acceptors (Lipinski definition) is 5.